The first-order valence-electron chi connectivity index (χ1n) is 7.28. The van der Waals surface area contributed by atoms with Gasteiger partial charge in [0.1, 0.15) is 17.5 Å². The Morgan fingerprint density at radius 3 is 2.59 bits per heavy atom. The van der Waals surface area contributed by atoms with E-state index in [9.17, 15) is 10.1 Å². The number of carbonyl (C=O) groups excluding carboxylic acids is 1. The molecule has 0 unspecified atom stereocenters. The Kier molecular flexibility index (Phi) is 4.30. The van der Waals surface area contributed by atoms with E-state index in [1.54, 1.807) is 18.3 Å². The second kappa shape index (κ2) is 6.37. The molecule has 1 aromatic carbocycles. The van der Waals surface area contributed by atoms with Crippen LogP contribution >= 0.6 is 15.9 Å². The molecule has 3 rings (SSSR count). The largest absolute Gasteiger partial charge is 0.423 e. The van der Waals surface area contributed by atoms with Gasteiger partial charge in [-0.2, -0.15) is 5.26 Å². The predicted molar refractivity (Wildman–Crippen MR) is 85.8 cm³/mol. The van der Waals surface area contributed by atoms with E-state index in [2.05, 4.69) is 27.0 Å². The summed E-state index contributed by atoms with van der Waals surface area (Å²) in [6.45, 7) is 0. The maximum atomic E-state index is 12.5. The van der Waals surface area contributed by atoms with Crippen molar-refractivity contribution in [3.05, 3.63) is 51.8 Å². The van der Waals surface area contributed by atoms with Crippen molar-refractivity contribution in [3.8, 4) is 11.8 Å². The van der Waals surface area contributed by atoms with Crippen molar-refractivity contribution in [2.24, 2.45) is 0 Å². The van der Waals surface area contributed by atoms with Crippen molar-refractivity contribution >= 4 is 21.9 Å². The fraction of sp³-hybridized carbons (Fsp3) is 0.294. The maximum Gasteiger partial charge on any atom is 0.346 e. The van der Waals surface area contributed by atoms with Crippen LogP contribution in [0.25, 0.3) is 0 Å². The number of nitrogens with zero attached hydrogens (tertiary/aromatic N) is 1. The molecule has 0 saturated heterocycles. The molecular weight excluding hydrogens is 344 g/mol. The minimum atomic E-state index is -0.470. The summed E-state index contributed by atoms with van der Waals surface area (Å²) in [6, 6.07) is 9.10. The Bertz CT molecular complexity index is 722. The Balaban J connectivity index is 1.89. The van der Waals surface area contributed by atoms with Gasteiger partial charge in [-0.25, -0.2) is 4.79 Å². The molecule has 1 fully saturated rings. The van der Waals surface area contributed by atoms with Gasteiger partial charge in [0.15, 0.2) is 0 Å². The highest BCUT2D eigenvalue weighted by atomic mass is 79.9. The zero-order valence-corrected chi connectivity index (χ0v) is 13.5. The van der Waals surface area contributed by atoms with Gasteiger partial charge >= 0.3 is 5.97 Å². The Labute approximate surface area is 137 Å². The monoisotopic (exact) mass is 358 g/mol. The molecule has 5 heteroatoms. The number of aromatic amines is 1. The second-order valence-corrected chi connectivity index (χ2v) is 6.35. The molecule has 1 aromatic heterocycles. The van der Waals surface area contributed by atoms with Crippen molar-refractivity contribution < 1.29 is 9.53 Å². The van der Waals surface area contributed by atoms with E-state index in [-0.39, 0.29) is 5.69 Å². The number of benzene rings is 1. The summed E-state index contributed by atoms with van der Waals surface area (Å²) >= 11 is 3.34. The summed E-state index contributed by atoms with van der Waals surface area (Å²) < 4.78 is 6.34. The maximum absolute atomic E-state index is 12.5. The van der Waals surface area contributed by atoms with E-state index in [1.165, 1.54) is 12.8 Å². The van der Waals surface area contributed by atoms with Gasteiger partial charge in [-0.15, -0.1) is 0 Å². The SMILES string of the molecule is N#Cc1[nH]cc(C2CCCC2)c1C(=O)Oc1ccc(Br)cc1. The van der Waals surface area contributed by atoms with Crippen molar-refractivity contribution in [3.63, 3.8) is 0 Å². The molecule has 0 amide bonds. The molecule has 0 bridgehead atoms. The number of nitrogens with one attached hydrogen (secondary N) is 1. The molecule has 0 aliphatic heterocycles. The first-order valence-corrected chi connectivity index (χ1v) is 8.07. The fourth-order valence-electron chi connectivity index (χ4n) is 2.97. The van der Waals surface area contributed by atoms with Crippen LogP contribution in [0, 0.1) is 11.3 Å². The zero-order chi connectivity index (χ0) is 15.5. The molecule has 0 radical (unpaired) electrons. The second-order valence-electron chi connectivity index (χ2n) is 5.43. The topological polar surface area (TPSA) is 65.9 Å². The van der Waals surface area contributed by atoms with Crippen LogP contribution in [0.3, 0.4) is 0 Å². The lowest BCUT2D eigenvalue weighted by atomic mass is 9.95. The number of nitriles is 1. The van der Waals surface area contributed by atoms with Gasteiger partial charge in [-0.3, -0.25) is 0 Å². The molecule has 1 saturated carbocycles. The number of H-pyrrole nitrogens is 1. The van der Waals surface area contributed by atoms with E-state index in [1.807, 2.05) is 12.1 Å². The number of hydrogen-bond acceptors (Lipinski definition) is 3. The van der Waals surface area contributed by atoms with Crippen LogP contribution in [0.4, 0.5) is 0 Å². The van der Waals surface area contributed by atoms with Crippen molar-refractivity contribution in [1.29, 1.82) is 5.26 Å². The minimum absolute atomic E-state index is 0.281. The van der Waals surface area contributed by atoms with E-state index in [4.69, 9.17) is 4.74 Å². The third-order valence-corrected chi connectivity index (χ3v) is 4.57. The third-order valence-electron chi connectivity index (χ3n) is 4.05. The molecule has 2 aromatic rings. The molecule has 1 aliphatic carbocycles. The highest BCUT2D eigenvalue weighted by molar-refractivity contribution is 9.10. The molecule has 112 valence electrons. The van der Waals surface area contributed by atoms with Gasteiger partial charge in [0, 0.05) is 10.7 Å². The third kappa shape index (κ3) is 2.93. The fourth-order valence-corrected chi connectivity index (χ4v) is 3.23. The van der Waals surface area contributed by atoms with Crippen LogP contribution in [0.1, 0.15) is 53.2 Å². The van der Waals surface area contributed by atoms with Gasteiger partial charge in [-0.1, -0.05) is 28.8 Å². The van der Waals surface area contributed by atoms with Crippen LogP contribution in [0.5, 0.6) is 5.75 Å². The Morgan fingerprint density at radius 2 is 1.95 bits per heavy atom. The predicted octanol–water partition coefficient (Wildman–Crippen LogP) is 4.53. The molecule has 0 atom stereocenters. The van der Waals surface area contributed by atoms with Gasteiger partial charge in [0.25, 0.3) is 0 Å². The van der Waals surface area contributed by atoms with Crippen LogP contribution in [0.15, 0.2) is 34.9 Å². The van der Waals surface area contributed by atoms with Crippen molar-refractivity contribution in [2.45, 2.75) is 31.6 Å². The standard InChI is InChI=1S/C17H15BrN2O2/c18-12-5-7-13(8-6-12)22-17(21)16-14(10-20-15(16)9-19)11-3-1-2-4-11/h5-8,10-11,20H,1-4H2. The number of rotatable bonds is 3. The van der Waals surface area contributed by atoms with Crippen LogP contribution in [-0.4, -0.2) is 11.0 Å². The number of aromatic nitrogens is 1. The summed E-state index contributed by atoms with van der Waals surface area (Å²) in [4.78, 5) is 15.4. The van der Waals surface area contributed by atoms with E-state index >= 15 is 0 Å². The van der Waals surface area contributed by atoms with Crippen LogP contribution in [-0.2, 0) is 0 Å². The van der Waals surface area contributed by atoms with Gasteiger partial charge in [0.05, 0.1) is 5.56 Å². The van der Waals surface area contributed by atoms with Gasteiger partial charge in [-0.05, 0) is 48.6 Å². The highest BCUT2D eigenvalue weighted by Crippen LogP contribution is 2.37. The molecule has 22 heavy (non-hydrogen) atoms. The molecule has 0 spiro atoms. The van der Waals surface area contributed by atoms with Gasteiger partial charge < -0.3 is 9.72 Å². The lowest BCUT2D eigenvalue weighted by Crippen LogP contribution is -2.12. The quantitative estimate of drug-likeness (QED) is 0.647. The molecule has 1 N–H and O–H groups in total. The van der Waals surface area contributed by atoms with Gasteiger partial charge in [0.2, 0.25) is 0 Å². The average Bonchev–Trinajstić information content (AvgIpc) is 3.17. The summed E-state index contributed by atoms with van der Waals surface area (Å²) in [6.07, 6.45) is 6.23. The first kappa shape index (κ1) is 14.9. The number of ether oxygens (including phenoxy) is 1. The molecule has 1 aliphatic rings. The summed E-state index contributed by atoms with van der Waals surface area (Å²) in [5.41, 5.74) is 1.58. The van der Waals surface area contributed by atoms with E-state index < -0.39 is 5.97 Å². The summed E-state index contributed by atoms with van der Waals surface area (Å²) in [5, 5.41) is 9.23. The average molecular weight is 359 g/mol. The Hall–Kier alpha value is -2.06. The zero-order valence-electron chi connectivity index (χ0n) is 11.9. The summed E-state index contributed by atoms with van der Waals surface area (Å²) in [5.74, 6) is 0.337. The smallest absolute Gasteiger partial charge is 0.346 e. The molecular formula is C17H15BrN2O2. The van der Waals surface area contributed by atoms with Crippen LogP contribution in [0.2, 0.25) is 0 Å². The lowest BCUT2D eigenvalue weighted by Gasteiger charge is -2.10. The lowest BCUT2D eigenvalue weighted by molar-refractivity contribution is 0.0733. The number of hydrogen-bond donors (Lipinski definition) is 1. The van der Waals surface area contributed by atoms with Crippen molar-refractivity contribution in [1.82, 2.24) is 4.98 Å². The Morgan fingerprint density at radius 1 is 1.27 bits per heavy atom. The molecule has 4 nitrogen and oxygen atoms in total. The highest BCUT2D eigenvalue weighted by Gasteiger charge is 2.27. The first-order chi connectivity index (χ1) is 10.7. The number of halogens is 1. The van der Waals surface area contributed by atoms with E-state index in [0.29, 0.717) is 17.2 Å². The minimum Gasteiger partial charge on any atom is -0.423 e. The number of esters is 1. The van der Waals surface area contributed by atoms with Crippen LogP contribution < -0.4 is 4.74 Å². The number of carbonyl (C=O) groups is 1. The molecule has 1 heterocycles. The van der Waals surface area contributed by atoms with Crippen molar-refractivity contribution in [2.75, 3.05) is 0 Å². The van der Waals surface area contributed by atoms with E-state index in [0.717, 1.165) is 22.9 Å². The summed E-state index contributed by atoms with van der Waals surface area (Å²) in [7, 11) is 0. The normalized spacial score (nSPS) is 14.7.